The highest BCUT2D eigenvalue weighted by atomic mass is 35.5. The SMILES string of the molecule is Cc1ccc(S(=O)OCC(C)Cc2ccc(Cl)nc2)cc1. The van der Waals surface area contributed by atoms with Crippen LogP contribution in [0, 0.1) is 12.8 Å². The number of nitrogens with zero attached hydrogens (tertiary/aromatic N) is 1. The molecule has 0 bridgehead atoms. The molecule has 0 aliphatic carbocycles. The first-order valence-corrected chi connectivity index (χ1v) is 8.22. The largest absolute Gasteiger partial charge is 0.286 e. The predicted octanol–water partition coefficient (Wildman–Crippen LogP) is 3.96. The van der Waals surface area contributed by atoms with E-state index in [0.717, 1.165) is 17.5 Å². The summed E-state index contributed by atoms with van der Waals surface area (Å²) in [7, 11) is 0. The van der Waals surface area contributed by atoms with Crippen molar-refractivity contribution in [3.05, 3.63) is 58.9 Å². The van der Waals surface area contributed by atoms with Crippen molar-refractivity contribution in [3.63, 3.8) is 0 Å². The second-order valence-electron chi connectivity index (χ2n) is 5.13. The summed E-state index contributed by atoms with van der Waals surface area (Å²) in [5, 5.41) is 0.489. The van der Waals surface area contributed by atoms with E-state index < -0.39 is 11.1 Å². The van der Waals surface area contributed by atoms with Crippen molar-refractivity contribution in [2.45, 2.75) is 25.2 Å². The van der Waals surface area contributed by atoms with Gasteiger partial charge in [-0.3, -0.25) is 4.18 Å². The van der Waals surface area contributed by atoms with Crippen LogP contribution in [0.5, 0.6) is 0 Å². The minimum Gasteiger partial charge on any atom is -0.286 e. The molecule has 0 amide bonds. The number of hydrogen-bond acceptors (Lipinski definition) is 3. The van der Waals surface area contributed by atoms with Crippen LogP contribution >= 0.6 is 11.6 Å². The lowest BCUT2D eigenvalue weighted by Gasteiger charge is -2.11. The number of halogens is 1. The van der Waals surface area contributed by atoms with Gasteiger partial charge in [0.05, 0.1) is 11.5 Å². The lowest BCUT2D eigenvalue weighted by molar-refractivity contribution is 0.283. The van der Waals surface area contributed by atoms with Gasteiger partial charge in [0.25, 0.3) is 0 Å². The zero-order valence-corrected chi connectivity index (χ0v) is 13.7. The Morgan fingerprint density at radius 3 is 2.57 bits per heavy atom. The summed E-state index contributed by atoms with van der Waals surface area (Å²) < 4.78 is 17.5. The van der Waals surface area contributed by atoms with Gasteiger partial charge in [-0.05, 0) is 43.0 Å². The van der Waals surface area contributed by atoms with Gasteiger partial charge in [-0.25, -0.2) is 9.19 Å². The summed E-state index contributed by atoms with van der Waals surface area (Å²) in [5.74, 6) is 0.252. The Hall–Kier alpha value is -1.23. The Morgan fingerprint density at radius 1 is 1.24 bits per heavy atom. The summed E-state index contributed by atoms with van der Waals surface area (Å²) in [6.07, 6.45) is 2.57. The molecule has 112 valence electrons. The molecule has 2 rings (SSSR count). The van der Waals surface area contributed by atoms with Gasteiger partial charge in [-0.2, -0.15) is 0 Å². The van der Waals surface area contributed by atoms with Gasteiger partial charge in [0.15, 0.2) is 11.1 Å². The topological polar surface area (TPSA) is 39.2 Å². The molecule has 0 aliphatic rings. The fraction of sp³-hybridized carbons (Fsp3) is 0.312. The lowest BCUT2D eigenvalue weighted by Crippen LogP contribution is -2.11. The number of pyridine rings is 1. The number of benzene rings is 1. The standard InChI is InChI=1S/C16H18ClNO2S/c1-12-3-6-15(7-4-12)21(19)20-11-13(2)9-14-5-8-16(17)18-10-14/h3-8,10,13H,9,11H2,1-2H3. The Morgan fingerprint density at radius 2 is 1.95 bits per heavy atom. The molecule has 0 radical (unpaired) electrons. The summed E-state index contributed by atoms with van der Waals surface area (Å²) in [6, 6.07) is 11.2. The summed E-state index contributed by atoms with van der Waals surface area (Å²) in [4.78, 5) is 4.74. The highest BCUT2D eigenvalue weighted by Gasteiger charge is 2.09. The van der Waals surface area contributed by atoms with Gasteiger partial charge in [-0.1, -0.05) is 42.3 Å². The first-order chi connectivity index (χ1) is 10.0. The lowest BCUT2D eigenvalue weighted by atomic mass is 10.0. The van der Waals surface area contributed by atoms with Crippen molar-refractivity contribution in [2.24, 2.45) is 5.92 Å². The van der Waals surface area contributed by atoms with Crippen molar-refractivity contribution in [2.75, 3.05) is 6.61 Å². The first-order valence-electron chi connectivity index (χ1n) is 6.77. The maximum Gasteiger partial charge on any atom is 0.189 e. The fourth-order valence-electron chi connectivity index (χ4n) is 1.88. The summed E-state index contributed by atoms with van der Waals surface area (Å²) >= 11 is 4.34. The minimum absolute atomic E-state index is 0.252. The molecular weight excluding hydrogens is 306 g/mol. The Labute approximate surface area is 133 Å². The third-order valence-corrected chi connectivity index (χ3v) is 4.28. The van der Waals surface area contributed by atoms with Gasteiger partial charge in [-0.15, -0.1) is 0 Å². The van der Waals surface area contributed by atoms with Gasteiger partial charge in [0, 0.05) is 6.20 Å². The van der Waals surface area contributed by atoms with Crippen LogP contribution in [0.15, 0.2) is 47.5 Å². The van der Waals surface area contributed by atoms with Crippen LogP contribution in [0.4, 0.5) is 0 Å². The first kappa shape index (κ1) is 16.1. The van der Waals surface area contributed by atoms with E-state index in [2.05, 4.69) is 11.9 Å². The monoisotopic (exact) mass is 323 g/mol. The van der Waals surface area contributed by atoms with Crippen LogP contribution in [-0.2, 0) is 21.7 Å². The Kier molecular flexibility index (Phi) is 5.91. The summed E-state index contributed by atoms with van der Waals surface area (Å²) in [6.45, 7) is 4.49. The number of aromatic nitrogens is 1. The average Bonchev–Trinajstić information content (AvgIpc) is 2.48. The molecule has 0 saturated heterocycles. The number of hydrogen-bond donors (Lipinski definition) is 0. The fourth-order valence-corrected chi connectivity index (χ4v) is 2.85. The average molecular weight is 324 g/mol. The van der Waals surface area contributed by atoms with E-state index in [9.17, 15) is 4.21 Å². The maximum absolute atomic E-state index is 12.0. The van der Waals surface area contributed by atoms with Crippen LogP contribution in [0.1, 0.15) is 18.1 Å². The highest BCUT2D eigenvalue weighted by molar-refractivity contribution is 7.80. The van der Waals surface area contributed by atoms with Gasteiger partial charge in [0.2, 0.25) is 0 Å². The second-order valence-corrected chi connectivity index (χ2v) is 6.69. The third-order valence-electron chi connectivity index (χ3n) is 3.05. The van der Waals surface area contributed by atoms with E-state index in [0.29, 0.717) is 16.7 Å². The van der Waals surface area contributed by atoms with E-state index in [1.54, 1.807) is 12.3 Å². The molecule has 2 aromatic rings. The summed E-state index contributed by atoms with van der Waals surface area (Å²) in [5.41, 5.74) is 2.23. The molecule has 2 unspecified atom stereocenters. The molecule has 3 nitrogen and oxygen atoms in total. The molecule has 0 spiro atoms. The molecule has 0 N–H and O–H groups in total. The van der Waals surface area contributed by atoms with Gasteiger partial charge < -0.3 is 0 Å². The molecule has 1 aromatic heterocycles. The molecule has 0 saturated carbocycles. The molecule has 21 heavy (non-hydrogen) atoms. The predicted molar refractivity (Wildman–Crippen MR) is 85.7 cm³/mol. The molecule has 5 heteroatoms. The number of aryl methyl sites for hydroxylation is 1. The highest BCUT2D eigenvalue weighted by Crippen LogP contribution is 2.14. The number of rotatable bonds is 6. The van der Waals surface area contributed by atoms with Crippen LogP contribution < -0.4 is 0 Å². The second kappa shape index (κ2) is 7.69. The van der Waals surface area contributed by atoms with Crippen molar-refractivity contribution in [1.29, 1.82) is 0 Å². The molecular formula is C16H18ClNO2S. The van der Waals surface area contributed by atoms with Crippen molar-refractivity contribution >= 4 is 22.7 Å². The van der Waals surface area contributed by atoms with E-state index in [1.165, 1.54) is 0 Å². The van der Waals surface area contributed by atoms with Crippen LogP contribution in [0.2, 0.25) is 5.15 Å². The van der Waals surface area contributed by atoms with Gasteiger partial charge >= 0.3 is 0 Å². The van der Waals surface area contributed by atoms with Gasteiger partial charge in [0.1, 0.15) is 5.15 Å². The van der Waals surface area contributed by atoms with Crippen LogP contribution in [-0.4, -0.2) is 15.8 Å². The molecule has 0 aliphatic heterocycles. The van der Waals surface area contributed by atoms with Crippen LogP contribution in [0.3, 0.4) is 0 Å². The molecule has 2 atom stereocenters. The van der Waals surface area contributed by atoms with Crippen molar-refractivity contribution in [3.8, 4) is 0 Å². The zero-order chi connectivity index (χ0) is 15.2. The maximum atomic E-state index is 12.0. The van der Waals surface area contributed by atoms with E-state index in [1.807, 2.05) is 37.3 Å². The van der Waals surface area contributed by atoms with E-state index in [-0.39, 0.29) is 5.92 Å². The van der Waals surface area contributed by atoms with Crippen LogP contribution in [0.25, 0.3) is 0 Å². The van der Waals surface area contributed by atoms with Crippen molar-refractivity contribution in [1.82, 2.24) is 4.98 Å². The van der Waals surface area contributed by atoms with E-state index in [4.69, 9.17) is 15.8 Å². The Balaban J connectivity index is 1.83. The molecule has 0 fully saturated rings. The smallest absolute Gasteiger partial charge is 0.189 e. The molecule has 1 aromatic carbocycles. The zero-order valence-electron chi connectivity index (χ0n) is 12.1. The minimum atomic E-state index is -1.41. The van der Waals surface area contributed by atoms with E-state index >= 15 is 0 Å². The quantitative estimate of drug-likeness (QED) is 0.755. The Bertz CT molecular complexity index is 599. The normalized spacial score (nSPS) is 13.9. The van der Waals surface area contributed by atoms with Crippen molar-refractivity contribution < 1.29 is 8.39 Å². The molecule has 1 heterocycles. The third kappa shape index (κ3) is 5.23.